The molecule has 0 amide bonds. The average molecular weight is 154 g/mol. The zero-order chi connectivity index (χ0) is 8.91. The number of rotatable bonds is 4. The maximum absolute atomic E-state index is 9.65. The van der Waals surface area contributed by atoms with Crippen LogP contribution in [0.1, 0.15) is 33.6 Å². The van der Waals surface area contributed by atoms with Crippen molar-refractivity contribution in [3.05, 3.63) is 24.3 Å². The van der Waals surface area contributed by atoms with Crippen LogP contribution in [0.15, 0.2) is 24.3 Å². The van der Waals surface area contributed by atoms with Crippen molar-refractivity contribution in [2.45, 2.75) is 39.2 Å². The Balaban J connectivity index is 3.91. The summed E-state index contributed by atoms with van der Waals surface area (Å²) >= 11 is 0. The van der Waals surface area contributed by atoms with Crippen molar-refractivity contribution in [3.63, 3.8) is 0 Å². The monoisotopic (exact) mass is 154 g/mol. The molecule has 0 saturated heterocycles. The second-order valence-electron chi connectivity index (χ2n) is 3.48. The van der Waals surface area contributed by atoms with Gasteiger partial charge in [-0.05, 0) is 33.6 Å². The fourth-order valence-electron chi connectivity index (χ4n) is 0.818. The van der Waals surface area contributed by atoms with Crippen molar-refractivity contribution in [1.29, 1.82) is 0 Å². The minimum absolute atomic E-state index is 0.612. The molecule has 0 aliphatic rings. The van der Waals surface area contributed by atoms with Crippen LogP contribution in [-0.4, -0.2) is 10.7 Å². The molecule has 0 aromatic rings. The summed E-state index contributed by atoms with van der Waals surface area (Å²) in [5, 5.41) is 9.65. The summed E-state index contributed by atoms with van der Waals surface area (Å²) in [5.74, 6) is 0. The molecule has 11 heavy (non-hydrogen) atoms. The van der Waals surface area contributed by atoms with Gasteiger partial charge < -0.3 is 5.11 Å². The highest BCUT2D eigenvalue weighted by Gasteiger charge is 2.15. The Morgan fingerprint density at radius 3 is 2.36 bits per heavy atom. The average Bonchev–Trinajstić information content (AvgIpc) is 1.84. The molecule has 64 valence electrons. The van der Waals surface area contributed by atoms with Crippen LogP contribution < -0.4 is 0 Å². The highest BCUT2D eigenvalue weighted by atomic mass is 16.3. The first-order valence-electron chi connectivity index (χ1n) is 3.94. The maximum atomic E-state index is 9.65. The molecule has 0 fully saturated rings. The van der Waals surface area contributed by atoms with Crippen LogP contribution in [0, 0.1) is 0 Å². The van der Waals surface area contributed by atoms with Gasteiger partial charge in [0, 0.05) is 0 Å². The Morgan fingerprint density at radius 1 is 1.45 bits per heavy atom. The lowest BCUT2D eigenvalue weighted by Crippen LogP contribution is -2.21. The summed E-state index contributed by atoms with van der Waals surface area (Å²) < 4.78 is 0. The van der Waals surface area contributed by atoms with Gasteiger partial charge >= 0.3 is 0 Å². The van der Waals surface area contributed by atoms with Crippen LogP contribution in [0.25, 0.3) is 0 Å². The topological polar surface area (TPSA) is 20.2 Å². The van der Waals surface area contributed by atoms with E-state index in [2.05, 4.69) is 6.58 Å². The predicted molar refractivity (Wildman–Crippen MR) is 49.5 cm³/mol. The molecule has 1 nitrogen and oxygen atoms in total. The van der Waals surface area contributed by atoms with E-state index in [9.17, 15) is 5.11 Å². The van der Waals surface area contributed by atoms with Gasteiger partial charge in [0.05, 0.1) is 5.60 Å². The predicted octanol–water partition coefficient (Wildman–Crippen LogP) is 2.67. The summed E-state index contributed by atoms with van der Waals surface area (Å²) in [4.78, 5) is 0. The molecule has 0 heterocycles. The fraction of sp³-hybridized carbons (Fsp3) is 0.600. The first-order valence-corrected chi connectivity index (χ1v) is 3.94. The molecular weight excluding hydrogens is 136 g/mol. The van der Waals surface area contributed by atoms with Crippen LogP contribution in [0.4, 0.5) is 0 Å². The SMILES string of the molecule is C=CCC(C)(O)CC=C(C)C. The lowest BCUT2D eigenvalue weighted by Gasteiger charge is -2.19. The van der Waals surface area contributed by atoms with E-state index < -0.39 is 5.60 Å². The molecule has 0 radical (unpaired) electrons. The van der Waals surface area contributed by atoms with Gasteiger partial charge in [-0.25, -0.2) is 0 Å². The van der Waals surface area contributed by atoms with Crippen LogP contribution in [0.3, 0.4) is 0 Å². The molecule has 1 N–H and O–H groups in total. The summed E-state index contributed by atoms with van der Waals surface area (Å²) in [6, 6.07) is 0. The van der Waals surface area contributed by atoms with Crippen molar-refractivity contribution < 1.29 is 5.11 Å². The second kappa shape index (κ2) is 4.35. The lowest BCUT2D eigenvalue weighted by atomic mass is 9.97. The third-order valence-electron chi connectivity index (χ3n) is 1.53. The molecular formula is C10H18O. The molecule has 0 rings (SSSR count). The first kappa shape index (κ1) is 10.4. The van der Waals surface area contributed by atoms with Gasteiger partial charge in [0.15, 0.2) is 0 Å². The van der Waals surface area contributed by atoms with E-state index in [-0.39, 0.29) is 0 Å². The Bertz CT molecular complexity index is 150. The van der Waals surface area contributed by atoms with Gasteiger partial charge in [0.1, 0.15) is 0 Å². The van der Waals surface area contributed by atoms with Gasteiger partial charge in [0.2, 0.25) is 0 Å². The fourth-order valence-corrected chi connectivity index (χ4v) is 0.818. The van der Waals surface area contributed by atoms with E-state index in [1.54, 1.807) is 6.08 Å². The molecule has 1 atom stereocenters. The van der Waals surface area contributed by atoms with Crippen molar-refractivity contribution in [2.75, 3.05) is 0 Å². The second-order valence-corrected chi connectivity index (χ2v) is 3.48. The van der Waals surface area contributed by atoms with Crippen LogP contribution in [-0.2, 0) is 0 Å². The summed E-state index contributed by atoms with van der Waals surface area (Å²) in [5.41, 5.74) is 0.633. The third-order valence-corrected chi connectivity index (χ3v) is 1.53. The molecule has 1 unspecified atom stereocenters. The Kier molecular flexibility index (Phi) is 4.12. The first-order chi connectivity index (χ1) is 4.98. The summed E-state index contributed by atoms with van der Waals surface area (Å²) in [6.07, 6.45) is 5.15. The van der Waals surface area contributed by atoms with E-state index in [1.807, 2.05) is 26.8 Å². The van der Waals surface area contributed by atoms with Crippen molar-refractivity contribution in [2.24, 2.45) is 0 Å². The molecule has 0 aliphatic carbocycles. The smallest absolute Gasteiger partial charge is 0.0688 e. The van der Waals surface area contributed by atoms with Crippen LogP contribution >= 0.6 is 0 Å². The third kappa shape index (κ3) is 5.86. The number of hydrogen-bond acceptors (Lipinski definition) is 1. The Hall–Kier alpha value is -0.560. The van der Waals surface area contributed by atoms with Crippen LogP contribution in [0.2, 0.25) is 0 Å². The highest BCUT2D eigenvalue weighted by Crippen LogP contribution is 2.16. The molecule has 1 heteroatoms. The molecule has 0 aromatic heterocycles. The Morgan fingerprint density at radius 2 is 2.00 bits per heavy atom. The molecule has 0 bridgehead atoms. The molecule has 0 saturated carbocycles. The minimum Gasteiger partial charge on any atom is -0.390 e. The number of hydrogen-bond donors (Lipinski definition) is 1. The van der Waals surface area contributed by atoms with E-state index in [1.165, 1.54) is 5.57 Å². The van der Waals surface area contributed by atoms with E-state index in [4.69, 9.17) is 0 Å². The van der Waals surface area contributed by atoms with Crippen molar-refractivity contribution in [1.82, 2.24) is 0 Å². The lowest BCUT2D eigenvalue weighted by molar-refractivity contribution is 0.0664. The molecule has 0 aliphatic heterocycles. The zero-order valence-corrected chi connectivity index (χ0v) is 7.72. The van der Waals surface area contributed by atoms with Gasteiger partial charge in [0.25, 0.3) is 0 Å². The van der Waals surface area contributed by atoms with Crippen LogP contribution in [0.5, 0.6) is 0 Å². The molecule has 0 spiro atoms. The van der Waals surface area contributed by atoms with Crippen molar-refractivity contribution in [3.8, 4) is 0 Å². The summed E-state index contributed by atoms with van der Waals surface area (Å²) in [6.45, 7) is 9.48. The molecule has 0 aromatic carbocycles. The van der Waals surface area contributed by atoms with E-state index in [0.29, 0.717) is 12.8 Å². The van der Waals surface area contributed by atoms with E-state index in [0.717, 1.165) is 0 Å². The largest absolute Gasteiger partial charge is 0.390 e. The number of aliphatic hydroxyl groups is 1. The normalized spacial score (nSPS) is 15.3. The number of allylic oxidation sites excluding steroid dienone is 1. The minimum atomic E-state index is -0.612. The standard InChI is InChI=1S/C10H18O/c1-5-7-10(4,11)8-6-9(2)3/h5-6,11H,1,7-8H2,2-4H3. The quantitative estimate of drug-likeness (QED) is 0.617. The Labute approximate surface area is 69.4 Å². The van der Waals surface area contributed by atoms with Gasteiger partial charge in [-0.1, -0.05) is 17.7 Å². The zero-order valence-electron chi connectivity index (χ0n) is 7.72. The van der Waals surface area contributed by atoms with Gasteiger partial charge in [-0.15, -0.1) is 6.58 Å². The highest BCUT2D eigenvalue weighted by molar-refractivity contribution is 4.98. The van der Waals surface area contributed by atoms with Gasteiger partial charge in [-0.2, -0.15) is 0 Å². The van der Waals surface area contributed by atoms with E-state index >= 15 is 0 Å². The van der Waals surface area contributed by atoms with Crippen molar-refractivity contribution >= 4 is 0 Å². The van der Waals surface area contributed by atoms with Gasteiger partial charge in [-0.3, -0.25) is 0 Å². The summed E-state index contributed by atoms with van der Waals surface area (Å²) in [7, 11) is 0. The maximum Gasteiger partial charge on any atom is 0.0688 e.